The van der Waals surface area contributed by atoms with Crippen molar-refractivity contribution in [3.8, 4) is 0 Å². The van der Waals surface area contributed by atoms with Crippen LogP contribution in [0.15, 0.2) is 6.20 Å². The summed E-state index contributed by atoms with van der Waals surface area (Å²) < 4.78 is 24.2. The quantitative estimate of drug-likeness (QED) is 0.782. The molecule has 1 heterocycles. The number of hydrogen-bond donors (Lipinski definition) is 2. The molecule has 0 fully saturated rings. The van der Waals surface area contributed by atoms with Crippen LogP contribution in [-0.4, -0.2) is 21.0 Å². The van der Waals surface area contributed by atoms with Crippen LogP contribution >= 0.6 is 0 Å². The first-order chi connectivity index (χ1) is 6.50. The maximum atomic E-state index is 12.1. The van der Waals surface area contributed by atoms with E-state index in [1.165, 1.54) is 6.92 Å². The maximum absolute atomic E-state index is 12.1. The van der Waals surface area contributed by atoms with Gasteiger partial charge in [-0.2, -0.15) is 0 Å². The fourth-order valence-corrected chi connectivity index (χ4v) is 0.971. The van der Waals surface area contributed by atoms with E-state index < -0.39 is 18.3 Å². The zero-order valence-electron chi connectivity index (χ0n) is 7.50. The minimum absolute atomic E-state index is 0.127. The molecule has 1 unspecified atom stereocenters. The third-order valence-electron chi connectivity index (χ3n) is 1.80. The third kappa shape index (κ3) is 2.51. The summed E-state index contributed by atoms with van der Waals surface area (Å²) >= 11 is 0. The Balaban J connectivity index is 2.64. The second kappa shape index (κ2) is 4.17. The average Bonchev–Trinajstić information content (AvgIpc) is 2.52. The molecule has 4 nitrogen and oxygen atoms in total. The summed E-state index contributed by atoms with van der Waals surface area (Å²) in [6.07, 6.45) is -1.45. The number of rotatable bonds is 4. The van der Waals surface area contributed by atoms with Gasteiger partial charge in [0, 0.05) is 6.42 Å². The number of aromatic amines is 1. The molecule has 2 N–H and O–H groups in total. The Labute approximate surface area is 79.0 Å². The number of carbonyl (C=O) groups is 1. The molecule has 0 aliphatic rings. The van der Waals surface area contributed by atoms with Gasteiger partial charge in [0.1, 0.15) is 11.5 Å². The Morgan fingerprint density at radius 1 is 1.71 bits per heavy atom. The molecule has 0 aliphatic heterocycles. The smallest absolute Gasteiger partial charge is 0.306 e. The van der Waals surface area contributed by atoms with Crippen molar-refractivity contribution in [1.29, 1.82) is 0 Å². The number of imidazole rings is 1. The molecule has 0 aromatic carbocycles. The molecule has 1 atom stereocenters. The largest absolute Gasteiger partial charge is 0.481 e. The zero-order chi connectivity index (χ0) is 10.7. The summed E-state index contributed by atoms with van der Waals surface area (Å²) in [6, 6.07) is 0. The van der Waals surface area contributed by atoms with E-state index >= 15 is 0 Å². The molecule has 1 aromatic rings. The van der Waals surface area contributed by atoms with Gasteiger partial charge in [-0.15, -0.1) is 0 Å². The van der Waals surface area contributed by atoms with E-state index in [0.717, 1.165) is 6.20 Å². The first-order valence-electron chi connectivity index (χ1n) is 4.05. The molecule has 0 amide bonds. The number of carboxylic acid groups (broad SMARTS) is 1. The van der Waals surface area contributed by atoms with Gasteiger partial charge in [-0.05, 0) is 0 Å². The lowest BCUT2D eigenvalue weighted by molar-refractivity contribution is -0.141. The predicted octanol–water partition coefficient (Wildman–Crippen LogP) is 1.61. The summed E-state index contributed by atoms with van der Waals surface area (Å²) in [4.78, 5) is 16.5. The monoisotopic (exact) mass is 204 g/mol. The van der Waals surface area contributed by atoms with E-state index in [-0.39, 0.29) is 17.9 Å². The van der Waals surface area contributed by atoms with Crippen LogP contribution in [0.5, 0.6) is 0 Å². The van der Waals surface area contributed by atoms with E-state index in [1.807, 2.05) is 0 Å². The number of nitrogens with zero attached hydrogens (tertiary/aromatic N) is 1. The number of aromatic nitrogens is 2. The minimum Gasteiger partial charge on any atom is -0.481 e. The fourth-order valence-electron chi connectivity index (χ4n) is 0.971. The highest BCUT2D eigenvalue weighted by Crippen LogP contribution is 2.16. The van der Waals surface area contributed by atoms with Crippen LogP contribution in [0.25, 0.3) is 0 Å². The summed E-state index contributed by atoms with van der Waals surface area (Å²) in [5, 5.41) is 8.57. The summed E-state index contributed by atoms with van der Waals surface area (Å²) in [6.45, 7) is 1.49. The molecule has 14 heavy (non-hydrogen) atoms. The first kappa shape index (κ1) is 10.6. The van der Waals surface area contributed by atoms with Gasteiger partial charge in [-0.1, -0.05) is 6.92 Å². The van der Waals surface area contributed by atoms with Crippen LogP contribution in [0.4, 0.5) is 8.78 Å². The van der Waals surface area contributed by atoms with Crippen molar-refractivity contribution in [1.82, 2.24) is 9.97 Å². The van der Waals surface area contributed by atoms with Crippen molar-refractivity contribution in [3.63, 3.8) is 0 Å². The van der Waals surface area contributed by atoms with Gasteiger partial charge in [0.15, 0.2) is 0 Å². The lowest BCUT2D eigenvalue weighted by Crippen LogP contribution is -2.13. The van der Waals surface area contributed by atoms with E-state index in [1.54, 1.807) is 0 Å². The van der Waals surface area contributed by atoms with E-state index in [0.29, 0.717) is 0 Å². The average molecular weight is 204 g/mol. The molecular weight excluding hydrogens is 194 g/mol. The predicted molar refractivity (Wildman–Crippen MR) is 44.0 cm³/mol. The molecule has 0 bridgehead atoms. The van der Waals surface area contributed by atoms with Crippen molar-refractivity contribution >= 4 is 5.97 Å². The topological polar surface area (TPSA) is 66.0 Å². The van der Waals surface area contributed by atoms with Crippen molar-refractivity contribution in [2.24, 2.45) is 5.92 Å². The van der Waals surface area contributed by atoms with Crippen LogP contribution in [-0.2, 0) is 11.2 Å². The number of alkyl halides is 2. The highest BCUT2D eigenvalue weighted by atomic mass is 19.3. The number of carboxylic acids is 1. The van der Waals surface area contributed by atoms with E-state index in [9.17, 15) is 13.6 Å². The zero-order valence-corrected chi connectivity index (χ0v) is 7.50. The van der Waals surface area contributed by atoms with Crippen LogP contribution in [0.1, 0.15) is 24.9 Å². The van der Waals surface area contributed by atoms with Crippen molar-refractivity contribution < 1.29 is 18.7 Å². The highest BCUT2D eigenvalue weighted by molar-refractivity contribution is 5.69. The van der Waals surface area contributed by atoms with Gasteiger partial charge >= 0.3 is 5.97 Å². The molecule has 1 aromatic heterocycles. The van der Waals surface area contributed by atoms with Crippen molar-refractivity contribution in [2.45, 2.75) is 19.8 Å². The van der Waals surface area contributed by atoms with Gasteiger partial charge in [-0.25, -0.2) is 13.8 Å². The first-order valence-corrected chi connectivity index (χ1v) is 4.05. The molecule has 78 valence electrons. The Morgan fingerprint density at radius 2 is 2.36 bits per heavy atom. The number of hydrogen-bond acceptors (Lipinski definition) is 2. The van der Waals surface area contributed by atoms with E-state index in [2.05, 4.69) is 9.97 Å². The fraction of sp³-hybridized carbons (Fsp3) is 0.500. The van der Waals surface area contributed by atoms with Gasteiger partial charge in [0.25, 0.3) is 6.43 Å². The SMILES string of the molecule is CC(Cc1ncc(C(F)F)[nH]1)C(=O)O. The summed E-state index contributed by atoms with van der Waals surface area (Å²) in [5.74, 6) is -1.33. The minimum atomic E-state index is -2.60. The van der Waals surface area contributed by atoms with E-state index in [4.69, 9.17) is 5.11 Å². The molecule has 6 heteroatoms. The molecule has 0 aliphatic carbocycles. The van der Waals surface area contributed by atoms with Gasteiger partial charge in [0.05, 0.1) is 12.1 Å². The third-order valence-corrected chi connectivity index (χ3v) is 1.80. The summed E-state index contributed by atoms with van der Waals surface area (Å²) in [7, 11) is 0. The van der Waals surface area contributed by atoms with Crippen LogP contribution in [0.3, 0.4) is 0 Å². The normalized spacial score (nSPS) is 13.1. The Morgan fingerprint density at radius 3 is 2.79 bits per heavy atom. The Hall–Kier alpha value is -1.46. The molecule has 1 rings (SSSR count). The number of nitrogens with one attached hydrogen (secondary N) is 1. The maximum Gasteiger partial charge on any atom is 0.306 e. The Bertz CT molecular complexity index is 325. The van der Waals surface area contributed by atoms with Crippen LogP contribution < -0.4 is 0 Å². The molecular formula is C8H10F2N2O2. The second-order valence-electron chi connectivity index (χ2n) is 3.03. The second-order valence-corrected chi connectivity index (χ2v) is 3.03. The number of halogens is 2. The number of aliphatic carboxylic acids is 1. The lowest BCUT2D eigenvalue weighted by atomic mass is 10.1. The van der Waals surface area contributed by atoms with Crippen LogP contribution in [0.2, 0.25) is 0 Å². The van der Waals surface area contributed by atoms with Gasteiger partial charge in [-0.3, -0.25) is 4.79 Å². The van der Waals surface area contributed by atoms with Crippen molar-refractivity contribution in [2.75, 3.05) is 0 Å². The summed E-state index contributed by atoms with van der Waals surface area (Å²) in [5.41, 5.74) is -0.280. The Kier molecular flexibility index (Phi) is 3.16. The highest BCUT2D eigenvalue weighted by Gasteiger charge is 2.15. The molecule has 0 saturated heterocycles. The standard InChI is InChI=1S/C8H10F2N2O2/c1-4(8(13)14)2-6-11-3-5(12-6)7(9)10/h3-4,7H,2H2,1H3,(H,11,12)(H,13,14). The van der Waals surface area contributed by atoms with Crippen LogP contribution in [0, 0.1) is 5.92 Å². The van der Waals surface area contributed by atoms with Crippen molar-refractivity contribution in [3.05, 3.63) is 17.7 Å². The van der Waals surface area contributed by atoms with Gasteiger partial charge < -0.3 is 10.1 Å². The van der Waals surface area contributed by atoms with Gasteiger partial charge in [0.2, 0.25) is 0 Å². The molecule has 0 spiro atoms. The lowest BCUT2D eigenvalue weighted by Gasteiger charge is -2.02. The number of H-pyrrole nitrogens is 1. The molecule has 0 saturated carbocycles. The molecule has 0 radical (unpaired) electrons.